The lowest BCUT2D eigenvalue weighted by Crippen LogP contribution is -2.38. The van der Waals surface area contributed by atoms with Crippen LogP contribution in [0.4, 0.5) is 4.39 Å². The predicted molar refractivity (Wildman–Crippen MR) is 123 cm³/mol. The normalized spacial score (nSPS) is 21.0. The lowest BCUT2D eigenvalue weighted by atomic mass is 9.94. The topological polar surface area (TPSA) is 70.1 Å². The Hall–Kier alpha value is -3.03. The molecule has 0 saturated carbocycles. The minimum absolute atomic E-state index is 0.0437. The summed E-state index contributed by atoms with van der Waals surface area (Å²) in [7, 11) is 0. The summed E-state index contributed by atoms with van der Waals surface area (Å²) < 4.78 is 18.8. The minimum Gasteiger partial charge on any atom is -0.507 e. The van der Waals surface area contributed by atoms with Crippen molar-refractivity contribution in [1.82, 2.24) is 9.80 Å². The summed E-state index contributed by atoms with van der Waals surface area (Å²) in [5.74, 6) is -2.06. The largest absolute Gasteiger partial charge is 0.507 e. The zero-order valence-electron chi connectivity index (χ0n) is 18.8. The molecule has 1 atom stereocenters. The van der Waals surface area contributed by atoms with Crippen LogP contribution >= 0.6 is 0 Å². The average molecular weight is 453 g/mol. The van der Waals surface area contributed by atoms with Crippen molar-refractivity contribution in [2.45, 2.75) is 25.8 Å². The van der Waals surface area contributed by atoms with Crippen LogP contribution in [-0.2, 0) is 20.7 Å². The Morgan fingerprint density at radius 2 is 1.70 bits per heavy atom. The van der Waals surface area contributed by atoms with Gasteiger partial charge in [-0.3, -0.25) is 14.5 Å². The smallest absolute Gasteiger partial charge is 0.295 e. The molecule has 7 heteroatoms. The first-order valence-corrected chi connectivity index (χ1v) is 11.4. The highest BCUT2D eigenvalue weighted by molar-refractivity contribution is 6.46. The van der Waals surface area contributed by atoms with Gasteiger partial charge >= 0.3 is 0 Å². The third kappa shape index (κ3) is 4.99. The first-order valence-electron chi connectivity index (χ1n) is 11.4. The Morgan fingerprint density at radius 3 is 2.33 bits per heavy atom. The predicted octanol–water partition coefficient (Wildman–Crippen LogP) is 3.53. The van der Waals surface area contributed by atoms with Gasteiger partial charge in [-0.05, 0) is 48.2 Å². The molecule has 1 amide bonds. The second-order valence-electron chi connectivity index (χ2n) is 8.40. The van der Waals surface area contributed by atoms with Crippen LogP contribution in [0.5, 0.6) is 0 Å². The number of benzene rings is 2. The van der Waals surface area contributed by atoms with E-state index in [2.05, 4.69) is 11.8 Å². The van der Waals surface area contributed by atoms with Gasteiger partial charge in [-0.15, -0.1) is 0 Å². The number of hydrogen-bond donors (Lipinski definition) is 1. The lowest BCUT2D eigenvalue weighted by molar-refractivity contribution is -0.140. The summed E-state index contributed by atoms with van der Waals surface area (Å²) in [6.45, 7) is 6.35. The van der Waals surface area contributed by atoms with Crippen LogP contribution in [0, 0.1) is 5.82 Å². The molecule has 0 aromatic heterocycles. The molecule has 4 rings (SSSR count). The summed E-state index contributed by atoms with van der Waals surface area (Å²) in [4.78, 5) is 29.9. The highest BCUT2D eigenvalue weighted by Crippen LogP contribution is 2.39. The van der Waals surface area contributed by atoms with E-state index in [-0.39, 0.29) is 11.3 Å². The maximum absolute atomic E-state index is 13.4. The number of amides is 1. The first kappa shape index (κ1) is 23.1. The molecule has 0 radical (unpaired) electrons. The molecule has 2 aromatic carbocycles. The molecule has 6 nitrogen and oxygen atoms in total. The maximum atomic E-state index is 13.4. The van der Waals surface area contributed by atoms with Gasteiger partial charge in [-0.2, -0.15) is 0 Å². The number of Topliss-reactive ketones (excluding diaryl/α,β-unsaturated/α-hetero) is 1. The van der Waals surface area contributed by atoms with Gasteiger partial charge in [0, 0.05) is 31.7 Å². The van der Waals surface area contributed by atoms with Gasteiger partial charge < -0.3 is 14.7 Å². The van der Waals surface area contributed by atoms with Crippen LogP contribution in [0.15, 0.2) is 54.1 Å². The molecule has 1 unspecified atom stereocenters. The third-order valence-electron chi connectivity index (χ3n) is 6.34. The average Bonchev–Trinajstić information content (AvgIpc) is 3.10. The number of aliphatic hydroxyl groups is 1. The molecule has 2 saturated heterocycles. The fourth-order valence-electron chi connectivity index (χ4n) is 4.45. The molecule has 174 valence electrons. The number of aryl methyl sites for hydroxylation is 1. The van der Waals surface area contributed by atoms with E-state index in [0.29, 0.717) is 31.7 Å². The molecule has 2 aliphatic rings. The zero-order chi connectivity index (χ0) is 23.4. The van der Waals surface area contributed by atoms with E-state index in [1.807, 2.05) is 24.3 Å². The van der Waals surface area contributed by atoms with Crippen molar-refractivity contribution >= 4 is 17.4 Å². The molecular formula is C26H29FN2O4. The van der Waals surface area contributed by atoms with Gasteiger partial charge in [0.25, 0.3) is 11.7 Å². The van der Waals surface area contributed by atoms with Crippen molar-refractivity contribution < 1.29 is 23.8 Å². The fourth-order valence-corrected chi connectivity index (χ4v) is 4.45. The number of morpholine rings is 1. The van der Waals surface area contributed by atoms with Crippen molar-refractivity contribution in [3.63, 3.8) is 0 Å². The van der Waals surface area contributed by atoms with Gasteiger partial charge in [-0.25, -0.2) is 4.39 Å². The van der Waals surface area contributed by atoms with Crippen molar-refractivity contribution in [3.05, 3.63) is 76.6 Å². The van der Waals surface area contributed by atoms with Crippen molar-refractivity contribution in [2.24, 2.45) is 0 Å². The first-order chi connectivity index (χ1) is 16.0. The molecular weight excluding hydrogens is 423 g/mol. The van der Waals surface area contributed by atoms with Gasteiger partial charge in [0.2, 0.25) is 0 Å². The Balaban J connectivity index is 1.66. The van der Waals surface area contributed by atoms with Crippen molar-refractivity contribution in [3.8, 4) is 0 Å². The zero-order valence-corrected chi connectivity index (χ0v) is 18.8. The number of aliphatic hydroxyl groups excluding tert-OH is 1. The molecule has 1 N–H and O–H groups in total. The summed E-state index contributed by atoms with van der Waals surface area (Å²) in [5.41, 5.74) is 2.25. The second kappa shape index (κ2) is 10.3. The fraction of sp³-hybridized carbons (Fsp3) is 0.385. The van der Waals surface area contributed by atoms with Crippen molar-refractivity contribution in [1.29, 1.82) is 0 Å². The number of ether oxygens (including phenoxy) is 1. The number of likely N-dealkylation sites (tertiary alicyclic amines) is 1. The number of ketones is 1. The maximum Gasteiger partial charge on any atom is 0.295 e. The summed E-state index contributed by atoms with van der Waals surface area (Å²) >= 11 is 0. The Labute approximate surface area is 193 Å². The standard InChI is InChI=1S/C26H29FN2O4/c1-2-18-4-6-19(7-5-18)23-22(24(30)20-8-10-21(27)11-9-20)25(31)26(32)29(23)13-3-12-28-14-16-33-17-15-28/h4-11,23,30H,2-3,12-17H2,1H3/b24-22-. The van der Waals surface area contributed by atoms with E-state index in [1.165, 1.54) is 24.3 Å². The highest BCUT2D eigenvalue weighted by Gasteiger charge is 2.45. The van der Waals surface area contributed by atoms with E-state index < -0.39 is 23.5 Å². The van der Waals surface area contributed by atoms with E-state index >= 15 is 0 Å². The Kier molecular flexibility index (Phi) is 7.20. The number of hydrogen-bond acceptors (Lipinski definition) is 5. The molecule has 2 heterocycles. The molecule has 2 aliphatic heterocycles. The van der Waals surface area contributed by atoms with E-state index in [9.17, 15) is 19.1 Å². The second-order valence-corrected chi connectivity index (χ2v) is 8.40. The van der Waals surface area contributed by atoms with Crippen LogP contribution in [-0.4, -0.2) is 66.0 Å². The van der Waals surface area contributed by atoms with Crippen LogP contribution < -0.4 is 0 Å². The molecule has 33 heavy (non-hydrogen) atoms. The molecule has 0 spiro atoms. The Morgan fingerprint density at radius 1 is 1.03 bits per heavy atom. The molecule has 0 aliphatic carbocycles. The summed E-state index contributed by atoms with van der Waals surface area (Å²) in [6, 6.07) is 12.3. The van der Waals surface area contributed by atoms with Crippen LogP contribution in [0.1, 0.15) is 36.1 Å². The van der Waals surface area contributed by atoms with E-state index in [4.69, 9.17) is 4.74 Å². The number of carbonyl (C=O) groups excluding carboxylic acids is 2. The monoisotopic (exact) mass is 452 g/mol. The molecule has 0 bridgehead atoms. The summed E-state index contributed by atoms with van der Waals surface area (Å²) in [6.07, 6.45) is 1.57. The van der Waals surface area contributed by atoms with E-state index in [1.54, 1.807) is 4.90 Å². The lowest BCUT2D eigenvalue weighted by Gasteiger charge is -2.29. The van der Waals surface area contributed by atoms with Gasteiger partial charge in [-0.1, -0.05) is 31.2 Å². The SMILES string of the molecule is CCc1ccc(C2/C(=C(/O)c3ccc(F)cc3)C(=O)C(=O)N2CCCN2CCOCC2)cc1. The number of carbonyl (C=O) groups is 2. The van der Waals surface area contributed by atoms with Crippen LogP contribution in [0.25, 0.3) is 5.76 Å². The number of nitrogens with zero attached hydrogens (tertiary/aromatic N) is 2. The van der Waals surface area contributed by atoms with Gasteiger partial charge in [0.15, 0.2) is 0 Å². The van der Waals surface area contributed by atoms with Gasteiger partial charge in [0.1, 0.15) is 11.6 Å². The van der Waals surface area contributed by atoms with Crippen molar-refractivity contribution in [2.75, 3.05) is 39.4 Å². The van der Waals surface area contributed by atoms with Crippen LogP contribution in [0.3, 0.4) is 0 Å². The van der Waals surface area contributed by atoms with Gasteiger partial charge in [0.05, 0.1) is 24.8 Å². The summed E-state index contributed by atoms with van der Waals surface area (Å²) in [5, 5.41) is 11.0. The number of halogens is 1. The quantitative estimate of drug-likeness (QED) is 0.395. The Bertz CT molecular complexity index is 1030. The number of rotatable bonds is 7. The van der Waals surface area contributed by atoms with Crippen LogP contribution in [0.2, 0.25) is 0 Å². The molecule has 2 aromatic rings. The van der Waals surface area contributed by atoms with E-state index in [0.717, 1.165) is 37.2 Å². The molecule has 2 fully saturated rings. The third-order valence-corrected chi connectivity index (χ3v) is 6.34. The minimum atomic E-state index is -0.715. The highest BCUT2D eigenvalue weighted by atomic mass is 19.1.